The first-order chi connectivity index (χ1) is 9.74. The van der Waals surface area contributed by atoms with Crippen molar-refractivity contribution in [2.75, 3.05) is 0 Å². The van der Waals surface area contributed by atoms with E-state index in [1.54, 1.807) is 23.9 Å². The highest BCUT2D eigenvalue weighted by Crippen LogP contribution is 2.34. The Bertz CT molecular complexity index is 591. The second-order valence-corrected chi connectivity index (χ2v) is 6.24. The molecular weight excluding hydrogens is 273 g/mol. The predicted molar refractivity (Wildman–Crippen MR) is 78.2 cm³/mol. The molecule has 0 radical (unpaired) electrons. The summed E-state index contributed by atoms with van der Waals surface area (Å²) in [6.07, 6.45) is 5.04. The Morgan fingerprint density at radius 3 is 2.85 bits per heavy atom. The normalized spacial score (nSPS) is 15.9. The minimum absolute atomic E-state index is 0.187. The van der Waals surface area contributed by atoms with E-state index >= 15 is 0 Å². The van der Waals surface area contributed by atoms with Crippen LogP contribution in [0.5, 0.6) is 0 Å². The van der Waals surface area contributed by atoms with Crippen LogP contribution in [0.25, 0.3) is 0 Å². The molecule has 106 valence electrons. The zero-order valence-corrected chi connectivity index (χ0v) is 12.4. The average molecular weight is 291 g/mol. The van der Waals surface area contributed by atoms with E-state index in [0.717, 1.165) is 16.5 Å². The second kappa shape index (κ2) is 5.95. The maximum absolute atomic E-state index is 13.1. The van der Waals surface area contributed by atoms with E-state index in [1.165, 1.54) is 31.7 Å². The van der Waals surface area contributed by atoms with Crippen LogP contribution in [0, 0.1) is 5.82 Å². The third kappa shape index (κ3) is 2.87. The molecule has 3 rings (SSSR count). The number of aromatic nitrogens is 3. The highest BCUT2D eigenvalue weighted by molar-refractivity contribution is 7.98. The summed E-state index contributed by atoms with van der Waals surface area (Å²) in [7, 11) is 2.03. The first-order valence-electron chi connectivity index (χ1n) is 7.00. The van der Waals surface area contributed by atoms with Crippen molar-refractivity contribution >= 4 is 11.8 Å². The van der Waals surface area contributed by atoms with Gasteiger partial charge >= 0.3 is 0 Å². The first kappa shape index (κ1) is 13.6. The lowest BCUT2D eigenvalue weighted by molar-refractivity contribution is 0.616. The quantitative estimate of drug-likeness (QED) is 0.800. The SMILES string of the molecule is Cn1c(SCc2cccc(F)c2)nnc1C1CCCC1. The topological polar surface area (TPSA) is 30.7 Å². The van der Waals surface area contributed by atoms with Gasteiger partial charge < -0.3 is 4.57 Å². The number of thioether (sulfide) groups is 1. The zero-order chi connectivity index (χ0) is 13.9. The summed E-state index contributed by atoms with van der Waals surface area (Å²) in [6, 6.07) is 6.71. The molecule has 1 saturated carbocycles. The average Bonchev–Trinajstić information content (AvgIpc) is 3.06. The first-order valence-corrected chi connectivity index (χ1v) is 7.99. The Balaban J connectivity index is 1.69. The van der Waals surface area contributed by atoms with Crippen molar-refractivity contribution in [3.8, 4) is 0 Å². The molecule has 1 aliphatic rings. The lowest BCUT2D eigenvalue weighted by Gasteiger charge is -2.08. The van der Waals surface area contributed by atoms with E-state index in [1.807, 2.05) is 13.1 Å². The van der Waals surface area contributed by atoms with E-state index in [-0.39, 0.29) is 5.82 Å². The number of hydrogen-bond acceptors (Lipinski definition) is 3. The largest absolute Gasteiger partial charge is 0.309 e. The van der Waals surface area contributed by atoms with Crippen LogP contribution < -0.4 is 0 Å². The molecule has 0 atom stereocenters. The maximum Gasteiger partial charge on any atom is 0.191 e. The highest BCUT2D eigenvalue weighted by Gasteiger charge is 2.23. The van der Waals surface area contributed by atoms with Gasteiger partial charge in [0.2, 0.25) is 0 Å². The molecule has 0 N–H and O–H groups in total. The van der Waals surface area contributed by atoms with Crippen LogP contribution in [-0.4, -0.2) is 14.8 Å². The molecule has 1 heterocycles. The number of halogens is 1. The molecular formula is C15H18FN3S. The van der Waals surface area contributed by atoms with E-state index in [2.05, 4.69) is 14.8 Å². The van der Waals surface area contributed by atoms with Gasteiger partial charge in [-0.3, -0.25) is 0 Å². The van der Waals surface area contributed by atoms with Gasteiger partial charge in [0.05, 0.1) is 0 Å². The van der Waals surface area contributed by atoms with E-state index in [9.17, 15) is 4.39 Å². The van der Waals surface area contributed by atoms with Gasteiger partial charge in [0.15, 0.2) is 5.16 Å². The predicted octanol–water partition coefficient (Wildman–Crippen LogP) is 3.90. The Kier molecular flexibility index (Phi) is 4.05. The molecule has 0 saturated heterocycles. The van der Waals surface area contributed by atoms with Crippen molar-refractivity contribution in [3.05, 3.63) is 41.5 Å². The molecule has 0 amide bonds. The minimum atomic E-state index is -0.187. The van der Waals surface area contributed by atoms with E-state index < -0.39 is 0 Å². The Hall–Kier alpha value is -1.36. The van der Waals surface area contributed by atoms with Crippen LogP contribution in [0.4, 0.5) is 4.39 Å². The number of rotatable bonds is 4. The number of benzene rings is 1. The smallest absolute Gasteiger partial charge is 0.191 e. The molecule has 0 unspecified atom stereocenters. The van der Waals surface area contributed by atoms with Crippen LogP contribution in [0.2, 0.25) is 0 Å². The van der Waals surface area contributed by atoms with Crippen molar-refractivity contribution < 1.29 is 4.39 Å². The van der Waals surface area contributed by atoms with Crippen LogP contribution >= 0.6 is 11.8 Å². The van der Waals surface area contributed by atoms with Crippen LogP contribution in [0.15, 0.2) is 29.4 Å². The van der Waals surface area contributed by atoms with Gasteiger partial charge in [0.1, 0.15) is 11.6 Å². The summed E-state index contributed by atoms with van der Waals surface area (Å²) in [5.41, 5.74) is 0.973. The van der Waals surface area contributed by atoms with E-state index in [4.69, 9.17) is 0 Å². The molecule has 3 nitrogen and oxygen atoms in total. The van der Waals surface area contributed by atoms with Gasteiger partial charge in [-0.15, -0.1) is 10.2 Å². The minimum Gasteiger partial charge on any atom is -0.309 e. The molecule has 0 aliphatic heterocycles. The van der Waals surface area contributed by atoms with Crippen molar-refractivity contribution in [2.24, 2.45) is 7.05 Å². The number of hydrogen-bond donors (Lipinski definition) is 0. The summed E-state index contributed by atoms with van der Waals surface area (Å²) in [5, 5.41) is 9.54. The molecule has 0 spiro atoms. The van der Waals surface area contributed by atoms with Gasteiger partial charge in [-0.05, 0) is 30.5 Å². The molecule has 0 bridgehead atoms. The van der Waals surface area contributed by atoms with Crippen LogP contribution in [-0.2, 0) is 12.8 Å². The lowest BCUT2D eigenvalue weighted by atomic mass is 10.1. The second-order valence-electron chi connectivity index (χ2n) is 5.30. The maximum atomic E-state index is 13.1. The fourth-order valence-corrected chi connectivity index (χ4v) is 3.63. The zero-order valence-electron chi connectivity index (χ0n) is 11.6. The fraction of sp³-hybridized carbons (Fsp3) is 0.467. The Morgan fingerprint density at radius 2 is 2.10 bits per heavy atom. The highest BCUT2D eigenvalue weighted by atomic mass is 32.2. The standard InChI is InChI=1S/C15H18FN3S/c1-19-14(12-6-2-3-7-12)17-18-15(19)20-10-11-5-4-8-13(16)9-11/h4-5,8-9,12H,2-3,6-7,10H2,1H3. The summed E-state index contributed by atoms with van der Waals surface area (Å²) in [6.45, 7) is 0. The Morgan fingerprint density at radius 1 is 1.30 bits per heavy atom. The third-order valence-electron chi connectivity index (χ3n) is 3.85. The van der Waals surface area contributed by atoms with Crippen molar-refractivity contribution in [2.45, 2.75) is 42.5 Å². The number of nitrogens with zero attached hydrogens (tertiary/aromatic N) is 3. The summed E-state index contributed by atoms with van der Waals surface area (Å²) < 4.78 is 15.2. The Labute approximate surface area is 122 Å². The molecule has 1 fully saturated rings. The fourth-order valence-electron chi connectivity index (χ4n) is 2.77. The van der Waals surface area contributed by atoms with Gasteiger partial charge in [-0.2, -0.15) is 0 Å². The van der Waals surface area contributed by atoms with Crippen molar-refractivity contribution in [1.29, 1.82) is 0 Å². The summed E-state index contributed by atoms with van der Waals surface area (Å²) >= 11 is 1.61. The van der Waals surface area contributed by atoms with Gasteiger partial charge in [-0.25, -0.2) is 4.39 Å². The lowest BCUT2D eigenvalue weighted by Crippen LogP contribution is -2.03. The summed E-state index contributed by atoms with van der Waals surface area (Å²) in [5.74, 6) is 2.20. The van der Waals surface area contributed by atoms with Crippen LogP contribution in [0.3, 0.4) is 0 Å². The van der Waals surface area contributed by atoms with Crippen molar-refractivity contribution in [3.63, 3.8) is 0 Å². The van der Waals surface area contributed by atoms with Crippen LogP contribution in [0.1, 0.15) is 43.0 Å². The molecule has 1 aromatic heterocycles. The molecule has 1 aromatic carbocycles. The van der Waals surface area contributed by atoms with E-state index in [0.29, 0.717) is 11.7 Å². The molecule has 1 aliphatic carbocycles. The third-order valence-corrected chi connectivity index (χ3v) is 4.94. The monoisotopic (exact) mass is 291 g/mol. The van der Waals surface area contributed by atoms with Gasteiger partial charge in [-0.1, -0.05) is 36.7 Å². The molecule has 5 heteroatoms. The van der Waals surface area contributed by atoms with Gasteiger partial charge in [0, 0.05) is 18.7 Å². The molecule has 20 heavy (non-hydrogen) atoms. The van der Waals surface area contributed by atoms with Gasteiger partial charge in [0.25, 0.3) is 0 Å². The summed E-state index contributed by atoms with van der Waals surface area (Å²) in [4.78, 5) is 0. The van der Waals surface area contributed by atoms with Crippen molar-refractivity contribution in [1.82, 2.24) is 14.8 Å². The molecule has 2 aromatic rings.